The lowest BCUT2D eigenvalue weighted by atomic mass is 10.1. The molecule has 0 atom stereocenters. The summed E-state index contributed by atoms with van der Waals surface area (Å²) in [6, 6.07) is 14.9. The van der Waals surface area contributed by atoms with Crippen LogP contribution in [-0.2, 0) is 4.79 Å². The molecule has 110 valence electrons. The Labute approximate surface area is 127 Å². The van der Waals surface area contributed by atoms with Crippen molar-refractivity contribution >= 4 is 28.3 Å². The van der Waals surface area contributed by atoms with Crippen molar-refractivity contribution in [1.82, 2.24) is 10.4 Å². The number of nitrogens with one attached hydrogen (secondary N) is 3. The number of ketones is 1. The number of rotatable bonds is 4. The van der Waals surface area contributed by atoms with Gasteiger partial charge < -0.3 is 4.98 Å². The lowest BCUT2D eigenvalue weighted by molar-refractivity contribution is -0.116. The second-order valence-electron chi connectivity index (χ2n) is 5.03. The van der Waals surface area contributed by atoms with E-state index in [1.54, 1.807) is 12.3 Å². The number of fused-ring (bicyclic) bond motifs is 1. The third-order valence-corrected chi connectivity index (χ3v) is 3.38. The molecule has 0 bridgehead atoms. The van der Waals surface area contributed by atoms with Crippen molar-refractivity contribution in [3.05, 3.63) is 65.9 Å². The maximum atomic E-state index is 12.2. The number of hydrazine groups is 1. The van der Waals surface area contributed by atoms with Crippen molar-refractivity contribution in [2.75, 3.05) is 5.43 Å². The highest BCUT2D eigenvalue weighted by atomic mass is 16.2. The summed E-state index contributed by atoms with van der Waals surface area (Å²) in [5.74, 6) is -1.29. The zero-order valence-corrected chi connectivity index (χ0v) is 12.0. The third-order valence-electron chi connectivity index (χ3n) is 3.38. The number of H-pyrrole nitrogens is 1. The van der Waals surface area contributed by atoms with E-state index in [1.165, 1.54) is 0 Å². The summed E-state index contributed by atoms with van der Waals surface area (Å²) in [6.45, 7) is 1.95. The highest BCUT2D eigenvalue weighted by molar-refractivity contribution is 6.45. The molecule has 3 aromatic rings. The van der Waals surface area contributed by atoms with E-state index in [4.69, 9.17) is 0 Å². The van der Waals surface area contributed by atoms with Gasteiger partial charge in [0, 0.05) is 17.1 Å². The molecule has 0 saturated heterocycles. The van der Waals surface area contributed by atoms with E-state index in [2.05, 4.69) is 15.8 Å². The summed E-state index contributed by atoms with van der Waals surface area (Å²) >= 11 is 0. The largest absolute Gasteiger partial charge is 0.360 e. The van der Waals surface area contributed by atoms with Gasteiger partial charge in [0.25, 0.3) is 5.78 Å². The predicted octanol–water partition coefficient (Wildman–Crippen LogP) is 2.80. The van der Waals surface area contributed by atoms with Crippen LogP contribution in [0.25, 0.3) is 10.9 Å². The average molecular weight is 293 g/mol. The fourth-order valence-corrected chi connectivity index (χ4v) is 2.29. The van der Waals surface area contributed by atoms with Crippen LogP contribution in [0, 0.1) is 6.92 Å². The molecular weight excluding hydrogens is 278 g/mol. The topological polar surface area (TPSA) is 74.0 Å². The minimum Gasteiger partial charge on any atom is -0.360 e. The summed E-state index contributed by atoms with van der Waals surface area (Å²) in [4.78, 5) is 27.2. The van der Waals surface area contributed by atoms with Crippen LogP contribution < -0.4 is 10.9 Å². The molecule has 1 heterocycles. The van der Waals surface area contributed by atoms with Gasteiger partial charge in [0.15, 0.2) is 0 Å². The van der Waals surface area contributed by atoms with Gasteiger partial charge in [0.05, 0.1) is 11.3 Å². The maximum Gasteiger partial charge on any atom is 0.310 e. The van der Waals surface area contributed by atoms with E-state index in [0.29, 0.717) is 5.56 Å². The first-order valence-electron chi connectivity index (χ1n) is 6.88. The normalized spacial score (nSPS) is 10.4. The van der Waals surface area contributed by atoms with Crippen molar-refractivity contribution in [2.24, 2.45) is 0 Å². The van der Waals surface area contributed by atoms with Crippen LogP contribution in [-0.4, -0.2) is 16.7 Å². The number of carbonyl (C=O) groups excluding carboxylic acids is 2. The molecule has 1 amide bonds. The lowest BCUT2D eigenvalue weighted by Crippen LogP contribution is -2.35. The fraction of sp³-hybridized carbons (Fsp3) is 0.0588. The summed E-state index contributed by atoms with van der Waals surface area (Å²) in [7, 11) is 0. The molecule has 5 heteroatoms. The van der Waals surface area contributed by atoms with Gasteiger partial charge in [-0.3, -0.25) is 20.4 Å². The van der Waals surface area contributed by atoms with Crippen LogP contribution in [0.2, 0.25) is 0 Å². The smallest absolute Gasteiger partial charge is 0.310 e. The molecule has 3 N–H and O–H groups in total. The van der Waals surface area contributed by atoms with Gasteiger partial charge in [-0.05, 0) is 30.7 Å². The van der Waals surface area contributed by atoms with Crippen molar-refractivity contribution in [3.63, 3.8) is 0 Å². The zero-order chi connectivity index (χ0) is 15.5. The van der Waals surface area contributed by atoms with Gasteiger partial charge in [-0.1, -0.05) is 30.3 Å². The van der Waals surface area contributed by atoms with Gasteiger partial charge >= 0.3 is 5.91 Å². The van der Waals surface area contributed by atoms with Crippen molar-refractivity contribution in [1.29, 1.82) is 0 Å². The molecule has 0 unspecified atom stereocenters. The number of anilines is 1. The molecule has 0 saturated carbocycles. The minimum atomic E-state index is -0.703. The van der Waals surface area contributed by atoms with E-state index >= 15 is 0 Å². The number of carbonyl (C=O) groups is 2. The van der Waals surface area contributed by atoms with E-state index in [1.807, 2.05) is 49.4 Å². The molecule has 0 spiro atoms. The number of Topliss-reactive ketones (excluding diaryl/α,β-unsaturated/α-hetero) is 1. The van der Waals surface area contributed by atoms with Gasteiger partial charge in [0.1, 0.15) is 0 Å². The van der Waals surface area contributed by atoms with Crippen LogP contribution in [0.5, 0.6) is 0 Å². The first-order chi connectivity index (χ1) is 10.6. The first-order valence-corrected chi connectivity index (χ1v) is 6.88. The Morgan fingerprint density at radius 3 is 2.68 bits per heavy atom. The second-order valence-corrected chi connectivity index (χ2v) is 5.03. The Balaban J connectivity index is 1.73. The molecule has 5 nitrogen and oxygen atoms in total. The summed E-state index contributed by atoms with van der Waals surface area (Å²) in [5, 5.41) is 0.734. The lowest BCUT2D eigenvalue weighted by Gasteiger charge is -2.08. The molecule has 0 aliphatic rings. The highest BCUT2D eigenvalue weighted by Gasteiger charge is 2.19. The van der Waals surface area contributed by atoms with E-state index < -0.39 is 11.7 Å². The predicted molar refractivity (Wildman–Crippen MR) is 85.6 cm³/mol. The minimum absolute atomic E-state index is 0.360. The molecule has 1 aromatic heterocycles. The van der Waals surface area contributed by atoms with Crippen LogP contribution in [0.4, 0.5) is 5.69 Å². The standard InChI is InChI=1S/C17H15N3O2/c1-11-5-4-6-12(9-11)19-20-17(22)16(21)14-10-18-15-8-3-2-7-13(14)15/h2-10,18-19H,1H3,(H,20,22). The fourth-order valence-electron chi connectivity index (χ4n) is 2.29. The molecule has 3 rings (SSSR count). The SMILES string of the molecule is Cc1cccc(NNC(=O)C(=O)c2c[nH]c3ccccc23)c1. The number of para-hydroxylation sites is 1. The number of aromatic amines is 1. The molecule has 0 radical (unpaired) electrons. The van der Waals surface area contributed by atoms with Crippen molar-refractivity contribution in [2.45, 2.75) is 6.92 Å². The summed E-state index contributed by atoms with van der Waals surface area (Å²) in [5.41, 5.74) is 8.14. The Morgan fingerprint density at radius 2 is 1.86 bits per heavy atom. The molecular formula is C17H15N3O2. The monoisotopic (exact) mass is 293 g/mol. The van der Waals surface area contributed by atoms with E-state index in [9.17, 15) is 9.59 Å². The number of amides is 1. The van der Waals surface area contributed by atoms with E-state index in [-0.39, 0.29) is 0 Å². The number of aryl methyl sites for hydroxylation is 1. The van der Waals surface area contributed by atoms with Crippen LogP contribution >= 0.6 is 0 Å². The highest BCUT2D eigenvalue weighted by Crippen LogP contribution is 2.18. The van der Waals surface area contributed by atoms with Crippen LogP contribution in [0.3, 0.4) is 0 Å². The molecule has 0 aliphatic heterocycles. The molecule has 22 heavy (non-hydrogen) atoms. The average Bonchev–Trinajstić information content (AvgIpc) is 2.96. The quantitative estimate of drug-likeness (QED) is 0.393. The first kappa shape index (κ1) is 13.9. The number of hydrogen-bond acceptors (Lipinski definition) is 3. The Hall–Kier alpha value is -3.08. The third kappa shape index (κ3) is 2.69. The number of benzene rings is 2. The van der Waals surface area contributed by atoms with E-state index in [0.717, 1.165) is 22.2 Å². The van der Waals surface area contributed by atoms with Crippen molar-refractivity contribution < 1.29 is 9.59 Å². The van der Waals surface area contributed by atoms with Crippen LogP contribution in [0.1, 0.15) is 15.9 Å². The number of hydrogen-bond donors (Lipinski definition) is 3. The van der Waals surface area contributed by atoms with Gasteiger partial charge in [-0.25, -0.2) is 0 Å². The Bertz CT molecular complexity index is 852. The zero-order valence-electron chi connectivity index (χ0n) is 12.0. The summed E-state index contributed by atoms with van der Waals surface area (Å²) < 4.78 is 0. The molecule has 0 aliphatic carbocycles. The van der Waals surface area contributed by atoms with Gasteiger partial charge in [-0.2, -0.15) is 0 Å². The van der Waals surface area contributed by atoms with Crippen molar-refractivity contribution in [3.8, 4) is 0 Å². The Morgan fingerprint density at radius 1 is 1.05 bits per heavy atom. The Kier molecular flexibility index (Phi) is 3.62. The van der Waals surface area contributed by atoms with Crippen LogP contribution in [0.15, 0.2) is 54.7 Å². The number of aromatic nitrogens is 1. The van der Waals surface area contributed by atoms with Gasteiger partial charge in [-0.15, -0.1) is 0 Å². The summed E-state index contributed by atoms with van der Waals surface area (Å²) in [6.07, 6.45) is 1.55. The van der Waals surface area contributed by atoms with Gasteiger partial charge in [0.2, 0.25) is 0 Å². The molecule has 2 aromatic carbocycles. The maximum absolute atomic E-state index is 12.2. The second kappa shape index (κ2) is 5.73. The molecule has 0 fully saturated rings.